The fourth-order valence-electron chi connectivity index (χ4n) is 4.09. The van der Waals surface area contributed by atoms with Gasteiger partial charge in [0, 0.05) is 17.1 Å². The minimum absolute atomic E-state index is 0.137. The predicted octanol–water partition coefficient (Wildman–Crippen LogP) is 7.51. The van der Waals surface area contributed by atoms with Gasteiger partial charge in [0.15, 0.2) is 0 Å². The average molecular weight is 361 g/mol. The summed E-state index contributed by atoms with van der Waals surface area (Å²) in [4.78, 5) is 4.69. The summed E-state index contributed by atoms with van der Waals surface area (Å²) in [6.45, 7) is 6.81. The summed E-state index contributed by atoms with van der Waals surface area (Å²) >= 11 is 0. The van der Waals surface area contributed by atoms with Crippen molar-refractivity contribution in [3.8, 4) is 11.3 Å². The van der Waals surface area contributed by atoms with Crippen LogP contribution in [0.15, 0.2) is 85.1 Å². The lowest BCUT2D eigenvalue weighted by molar-refractivity contribution is 0.591. The van der Waals surface area contributed by atoms with Crippen LogP contribution in [-0.4, -0.2) is 4.98 Å². The van der Waals surface area contributed by atoms with Crippen LogP contribution in [0, 0.1) is 0 Å². The lowest BCUT2D eigenvalue weighted by atomic mass is 9.85. The molecule has 0 aliphatic carbocycles. The molecule has 0 fully saturated rings. The van der Waals surface area contributed by atoms with E-state index in [4.69, 9.17) is 4.98 Å². The number of rotatable bonds is 1. The molecule has 1 nitrogen and oxygen atoms in total. The highest BCUT2D eigenvalue weighted by atomic mass is 14.7. The Hall–Kier alpha value is -3.19. The van der Waals surface area contributed by atoms with E-state index in [1.165, 1.54) is 37.9 Å². The quantitative estimate of drug-likeness (QED) is 0.282. The van der Waals surface area contributed by atoms with Crippen molar-refractivity contribution in [2.24, 2.45) is 0 Å². The van der Waals surface area contributed by atoms with Gasteiger partial charge in [-0.3, -0.25) is 4.98 Å². The van der Waals surface area contributed by atoms with Crippen molar-refractivity contribution < 1.29 is 0 Å². The molecule has 0 aliphatic rings. The molecular formula is C27H23N. The third kappa shape index (κ3) is 2.66. The van der Waals surface area contributed by atoms with E-state index in [2.05, 4.69) is 93.6 Å². The van der Waals surface area contributed by atoms with E-state index in [1.807, 2.05) is 12.3 Å². The monoisotopic (exact) mass is 361 g/mol. The van der Waals surface area contributed by atoms with E-state index in [-0.39, 0.29) is 5.41 Å². The lowest BCUT2D eigenvalue weighted by Gasteiger charge is -2.20. The van der Waals surface area contributed by atoms with Gasteiger partial charge in [0.05, 0.1) is 5.69 Å². The van der Waals surface area contributed by atoms with Crippen molar-refractivity contribution in [1.82, 2.24) is 4.98 Å². The van der Waals surface area contributed by atoms with Crippen LogP contribution in [0.2, 0.25) is 0 Å². The number of fused-ring (bicyclic) bond motifs is 5. The zero-order chi connectivity index (χ0) is 19.3. The molecule has 0 unspecified atom stereocenters. The molecule has 28 heavy (non-hydrogen) atoms. The molecule has 0 bridgehead atoms. The number of benzene rings is 4. The van der Waals surface area contributed by atoms with Crippen LogP contribution < -0.4 is 0 Å². The van der Waals surface area contributed by atoms with E-state index >= 15 is 0 Å². The largest absolute Gasteiger partial charge is 0.256 e. The summed E-state index contributed by atoms with van der Waals surface area (Å²) in [6.07, 6.45) is 1.93. The van der Waals surface area contributed by atoms with Crippen molar-refractivity contribution in [3.63, 3.8) is 0 Å². The SMILES string of the molecule is CC(C)(C)c1ccc2ccc3c4ccnc(-c5ccccc5)c4ccc3c2c1. The Labute approximate surface area is 165 Å². The van der Waals surface area contributed by atoms with Gasteiger partial charge in [0.25, 0.3) is 0 Å². The van der Waals surface area contributed by atoms with E-state index in [9.17, 15) is 0 Å². The van der Waals surface area contributed by atoms with Gasteiger partial charge in [-0.2, -0.15) is 0 Å². The molecule has 5 aromatic rings. The van der Waals surface area contributed by atoms with Gasteiger partial charge in [0.2, 0.25) is 0 Å². The fourth-order valence-corrected chi connectivity index (χ4v) is 4.09. The third-order valence-corrected chi connectivity index (χ3v) is 5.67. The van der Waals surface area contributed by atoms with Gasteiger partial charge in [0.1, 0.15) is 0 Å². The minimum atomic E-state index is 0.137. The molecule has 1 aromatic heterocycles. The molecule has 0 radical (unpaired) electrons. The first kappa shape index (κ1) is 16.9. The first-order valence-electron chi connectivity index (χ1n) is 9.82. The summed E-state index contributed by atoms with van der Waals surface area (Å²) in [5.41, 5.74) is 3.71. The van der Waals surface area contributed by atoms with Crippen LogP contribution in [0.5, 0.6) is 0 Å². The number of aromatic nitrogens is 1. The molecule has 4 aromatic carbocycles. The first-order valence-corrected chi connectivity index (χ1v) is 9.82. The molecule has 0 aliphatic heterocycles. The Morgan fingerprint density at radius 3 is 2.04 bits per heavy atom. The van der Waals surface area contributed by atoms with E-state index in [0.717, 1.165) is 11.3 Å². The van der Waals surface area contributed by atoms with Crippen LogP contribution in [0.3, 0.4) is 0 Å². The number of hydrogen-bond acceptors (Lipinski definition) is 1. The second-order valence-corrected chi connectivity index (χ2v) is 8.53. The van der Waals surface area contributed by atoms with Crippen LogP contribution in [0.4, 0.5) is 0 Å². The van der Waals surface area contributed by atoms with Gasteiger partial charge in [-0.1, -0.05) is 93.6 Å². The lowest BCUT2D eigenvalue weighted by Crippen LogP contribution is -2.10. The van der Waals surface area contributed by atoms with Crippen molar-refractivity contribution >= 4 is 32.3 Å². The van der Waals surface area contributed by atoms with Gasteiger partial charge >= 0.3 is 0 Å². The Balaban J connectivity index is 1.85. The number of hydrogen-bond donors (Lipinski definition) is 0. The van der Waals surface area contributed by atoms with E-state index in [0.29, 0.717) is 0 Å². The average Bonchev–Trinajstić information content (AvgIpc) is 2.72. The molecule has 1 heteroatoms. The van der Waals surface area contributed by atoms with Gasteiger partial charge < -0.3 is 0 Å². The van der Waals surface area contributed by atoms with Crippen LogP contribution in [-0.2, 0) is 5.41 Å². The normalized spacial score (nSPS) is 12.1. The van der Waals surface area contributed by atoms with Gasteiger partial charge in [-0.15, -0.1) is 0 Å². The third-order valence-electron chi connectivity index (χ3n) is 5.67. The van der Waals surface area contributed by atoms with E-state index in [1.54, 1.807) is 0 Å². The zero-order valence-electron chi connectivity index (χ0n) is 16.5. The van der Waals surface area contributed by atoms with Crippen molar-refractivity contribution in [1.29, 1.82) is 0 Å². The zero-order valence-corrected chi connectivity index (χ0v) is 16.5. The Morgan fingerprint density at radius 1 is 0.607 bits per heavy atom. The number of pyridine rings is 1. The van der Waals surface area contributed by atoms with Gasteiger partial charge in [-0.05, 0) is 44.0 Å². The van der Waals surface area contributed by atoms with Crippen LogP contribution in [0.25, 0.3) is 43.6 Å². The highest BCUT2D eigenvalue weighted by Crippen LogP contribution is 2.36. The summed E-state index contributed by atoms with van der Waals surface area (Å²) in [6, 6.07) is 28.4. The summed E-state index contributed by atoms with van der Waals surface area (Å²) in [5, 5.41) is 7.67. The fraction of sp³-hybridized carbons (Fsp3) is 0.148. The van der Waals surface area contributed by atoms with Crippen molar-refractivity contribution in [2.45, 2.75) is 26.2 Å². The molecule has 1 heterocycles. The second kappa shape index (κ2) is 6.17. The number of nitrogens with zero attached hydrogens (tertiary/aromatic N) is 1. The van der Waals surface area contributed by atoms with Crippen molar-refractivity contribution in [2.75, 3.05) is 0 Å². The highest BCUT2D eigenvalue weighted by Gasteiger charge is 2.15. The Kier molecular flexibility index (Phi) is 3.73. The van der Waals surface area contributed by atoms with Crippen LogP contribution >= 0.6 is 0 Å². The molecular weight excluding hydrogens is 338 g/mol. The summed E-state index contributed by atoms with van der Waals surface area (Å²) in [5.74, 6) is 0. The maximum atomic E-state index is 4.69. The molecule has 0 saturated carbocycles. The molecule has 5 rings (SSSR count). The van der Waals surface area contributed by atoms with Crippen molar-refractivity contribution in [3.05, 3.63) is 90.6 Å². The topological polar surface area (TPSA) is 12.9 Å². The second-order valence-electron chi connectivity index (χ2n) is 8.53. The maximum absolute atomic E-state index is 4.69. The van der Waals surface area contributed by atoms with E-state index < -0.39 is 0 Å². The Bertz CT molecular complexity index is 1330. The smallest absolute Gasteiger partial charge is 0.0780 e. The molecule has 0 saturated heterocycles. The summed E-state index contributed by atoms with van der Waals surface area (Å²) in [7, 11) is 0. The van der Waals surface area contributed by atoms with Gasteiger partial charge in [-0.25, -0.2) is 0 Å². The summed E-state index contributed by atoms with van der Waals surface area (Å²) < 4.78 is 0. The Morgan fingerprint density at radius 2 is 1.25 bits per heavy atom. The maximum Gasteiger partial charge on any atom is 0.0780 e. The molecule has 136 valence electrons. The molecule has 0 spiro atoms. The predicted molar refractivity (Wildman–Crippen MR) is 121 cm³/mol. The molecule has 0 atom stereocenters. The minimum Gasteiger partial charge on any atom is -0.256 e. The highest BCUT2D eigenvalue weighted by molar-refractivity contribution is 6.19. The standard InChI is InChI=1S/C27H23N/c1-27(2,3)20-11-9-18-10-12-21-22(25(18)17-20)13-14-24-23(21)15-16-28-26(24)19-7-5-4-6-8-19/h4-17H,1-3H3. The van der Waals surface area contributed by atoms with Crippen LogP contribution in [0.1, 0.15) is 26.3 Å². The molecule has 0 amide bonds. The molecule has 0 N–H and O–H groups in total. The first-order chi connectivity index (χ1) is 13.5.